The molecule has 0 fully saturated rings. The first kappa shape index (κ1) is 29.7. The summed E-state index contributed by atoms with van der Waals surface area (Å²) in [7, 11) is 2.83. The first-order chi connectivity index (χ1) is 19.1. The molecule has 0 saturated carbocycles. The third-order valence-electron chi connectivity index (χ3n) is 6.64. The number of carbonyl (C=O) groups excluding carboxylic acids is 2. The number of hydrogen-bond donors (Lipinski definition) is 3. The van der Waals surface area contributed by atoms with Crippen LogP contribution in [0.4, 0.5) is 11.4 Å². The minimum Gasteiger partial charge on any atom is -0.469 e. The van der Waals surface area contributed by atoms with Gasteiger partial charge in [-0.3, -0.25) is 9.59 Å². The van der Waals surface area contributed by atoms with Gasteiger partial charge in [-0.25, -0.2) is 0 Å². The second kappa shape index (κ2) is 16.9. The van der Waals surface area contributed by atoms with Gasteiger partial charge in [-0.05, 0) is 66.8 Å². The molecule has 0 bridgehead atoms. The van der Waals surface area contributed by atoms with Crippen LogP contribution in [0.15, 0.2) is 78.9 Å². The van der Waals surface area contributed by atoms with Crippen LogP contribution in [0.25, 0.3) is 0 Å². The summed E-state index contributed by atoms with van der Waals surface area (Å²) in [4.78, 5) is 22.6. The highest BCUT2D eigenvalue weighted by Gasteiger charge is 2.14. The highest BCUT2D eigenvalue weighted by atomic mass is 16.5. The van der Waals surface area contributed by atoms with E-state index in [0.29, 0.717) is 12.8 Å². The van der Waals surface area contributed by atoms with Crippen molar-refractivity contribution in [2.45, 2.75) is 44.6 Å². The summed E-state index contributed by atoms with van der Waals surface area (Å²) in [5, 5.41) is 10.4. The lowest BCUT2D eigenvalue weighted by atomic mass is 9.88. The van der Waals surface area contributed by atoms with Crippen molar-refractivity contribution in [3.8, 4) is 0 Å². The highest BCUT2D eigenvalue weighted by molar-refractivity contribution is 5.69. The zero-order valence-corrected chi connectivity index (χ0v) is 23.1. The molecular formula is C32H41N3O4. The Morgan fingerprint density at radius 2 is 1.15 bits per heavy atom. The summed E-state index contributed by atoms with van der Waals surface area (Å²) in [6.07, 6.45) is 3.25. The van der Waals surface area contributed by atoms with Crippen LogP contribution in [-0.2, 0) is 25.6 Å². The van der Waals surface area contributed by atoms with Gasteiger partial charge in [0.25, 0.3) is 0 Å². The van der Waals surface area contributed by atoms with E-state index in [1.165, 1.54) is 30.9 Å². The monoisotopic (exact) mass is 531 g/mol. The molecule has 0 amide bonds. The van der Waals surface area contributed by atoms with Crippen molar-refractivity contribution in [2.24, 2.45) is 0 Å². The lowest BCUT2D eigenvalue weighted by molar-refractivity contribution is -0.141. The van der Waals surface area contributed by atoms with Gasteiger partial charge < -0.3 is 25.4 Å². The Balaban J connectivity index is 1.60. The molecule has 0 aliphatic heterocycles. The minimum atomic E-state index is -0.182. The first-order valence-electron chi connectivity index (χ1n) is 13.6. The number of hydrogen-bond acceptors (Lipinski definition) is 7. The van der Waals surface area contributed by atoms with Gasteiger partial charge in [0.15, 0.2) is 0 Å². The maximum atomic E-state index is 11.3. The van der Waals surface area contributed by atoms with Crippen LogP contribution in [-0.4, -0.2) is 45.8 Å². The van der Waals surface area contributed by atoms with E-state index >= 15 is 0 Å². The molecule has 7 heteroatoms. The second-order valence-electron chi connectivity index (χ2n) is 9.46. The van der Waals surface area contributed by atoms with Crippen molar-refractivity contribution >= 4 is 23.3 Å². The van der Waals surface area contributed by atoms with Crippen molar-refractivity contribution in [2.75, 3.05) is 44.5 Å². The first-order valence-corrected chi connectivity index (χ1v) is 13.6. The summed E-state index contributed by atoms with van der Waals surface area (Å²) in [5.74, 6) is -0.119. The molecule has 208 valence electrons. The molecule has 0 saturated heterocycles. The van der Waals surface area contributed by atoms with Crippen LogP contribution in [0, 0.1) is 0 Å². The molecule has 0 unspecified atom stereocenters. The average molecular weight is 532 g/mol. The standard InChI is InChI=1S/C32H41N3O4/c1-38-31(36)10-6-21-34-28-16-12-26(13-17-28)30(20-23-33-24-25-8-4-3-5-9-25)27-14-18-29(19-15-27)35-22-7-11-32(37)39-2/h3-5,8-9,12-19,30,33-35H,6-7,10-11,20-24H2,1-2H3. The third-order valence-corrected chi connectivity index (χ3v) is 6.64. The van der Waals surface area contributed by atoms with E-state index in [2.05, 4.69) is 88.7 Å². The van der Waals surface area contributed by atoms with Crippen LogP contribution < -0.4 is 16.0 Å². The van der Waals surface area contributed by atoms with Gasteiger partial charge in [-0.15, -0.1) is 0 Å². The molecule has 0 aromatic heterocycles. The van der Waals surface area contributed by atoms with Gasteiger partial charge >= 0.3 is 11.9 Å². The molecular weight excluding hydrogens is 490 g/mol. The summed E-state index contributed by atoms with van der Waals surface area (Å²) in [6.45, 7) is 3.17. The van der Waals surface area contributed by atoms with Crippen molar-refractivity contribution < 1.29 is 19.1 Å². The number of anilines is 2. The number of carbonyl (C=O) groups is 2. The maximum absolute atomic E-state index is 11.3. The Labute approximate surface area is 232 Å². The topological polar surface area (TPSA) is 88.7 Å². The quantitative estimate of drug-likeness (QED) is 0.151. The number of nitrogens with one attached hydrogen (secondary N) is 3. The maximum Gasteiger partial charge on any atom is 0.305 e. The molecule has 3 rings (SSSR count). The van der Waals surface area contributed by atoms with E-state index in [4.69, 9.17) is 9.47 Å². The molecule has 0 radical (unpaired) electrons. The van der Waals surface area contributed by atoms with Gasteiger partial charge in [0.2, 0.25) is 0 Å². The number of esters is 2. The van der Waals surface area contributed by atoms with E-state index in [0.717, 1.165) is 56.8 Å². The SMILES string of the molecule is COC(=O)CCCNc1ccc(C(CCNCc2ccccc2)c2ccc(NCCCC(=O)OC)cc2)cc1. The predicted octanol–water partition coefficient (Wildman–Crippen LogP) is 5.73. The predicted molar refractivity (Wildman–Crippen MR) is 157 cm³/mol. The van der Waals surface area contributed by atoms with Gasteiger partial charge in [0.1, 0.15) is 0 Å². The lowest BCUT2D eigenvalue weighted by Gasteiger charge is -2.20. The summed E-state index contributed by atoms with van der Waals surface area (Å²) >= 11 is 0. The van der Waals surface area contributed by atoms with E-state index < -0.39 is 0 Å². The number of methoxy groups -OCH3 is 2. The van der Waals surface area contributed by atoms with Gasteiger partial charge in [0, 0.05) is 49.8 Å². The number of benzene rings is 3. The normalized spacial score (nSPS) is 10.7. The Kier molecular flexibility index (Phi) is 12.9. The fraction of sp³-hybridized carbons (Fsp3) is 0.375. The second-order valence-corrected chi connectivity index (χ2v) is 9.46. The summed E-state index contributed by atoms with van der Waals surface area (Å²) in [6, 6.07) is 27.6. The van der Waals surface area contributed by atoms with Gasteiger partial charge in [-0.1, -0.05) is 54.6 Å². The van der Waals surface area contributed by atoms with E-state index in [9.17, 15) is 9.59 Å². The molecule has 7 nitrogen and oxygen atoms in total. The minimum absolute atomic E-state index is 0.182. The van der Waals surface area contributed by atoms with Crippen LogP contribution in [0.3, 0.4) is 0 Å². The fourth-order valence-corrected chi connectivity index (χ4v) is 4.40. The fourth-order valence-electron chi connectivity index (χ4n) is 4.40. The molecule has 0 aliphatic rings. The van der Waals surface area contributed by atoms with Gasteiger partial charge in [-0.2, -0.15) is 0 Å². The third kappa shape index (κ3) is 10.8. The molecule has 3 aromatic rings. The smallest absolute Gasteiger partial charge is 0.305 e. The lowest BCUT2D eigenvalue weighted by Crippen LogP contribution is -2.18. The van der Waals surface area contributed by atoms with E-state index in [-0.39, 0.29) is 17.9 Å². The van der Waals surface area contributed by atoms with Crippen molar-refractivity contribution in [3.63, 3.8) is 0 Å². The van der Waals surface area contributed by atoms with E-state index in [1.807, 2.05) is 6.07 Å². The molecule has 0 atom stereocenters. The van der Waals surface area contributed by atoms with E-state index in [1.54, 1.807) is 0 Å². The number of rotatable bonds is 17. The average Bonchev–Trinajstić information content (AvgIpc) is 2.98. The Morgan fingerprint density at radius 3 is 1.62 bits per heavy atom. The van der Waals surface area contributed by atoms with Crippen molar-refractivity contribution in [1.29, 1.82) is 0 Å². The van der Waals surface area contributed by atoms with Gasteiger partial charge in [0.05, 0.1) is 14.2 Å². The van der Waals surface area contributed by atoms with Crippen LogP contribution in [0.2, 0.25) is 0 Å². The summed E-state index contributed by atoms with van der Waals surface area (Å²) in [5.41, 5.74) is 5.87. The molecule has 39 heavy (non-hydrogen) atoms. The molecule has 0 heterocycles. The van der Waals surface area contributed by atoms with Crippen molar-refractivity contribution in [1.82, 2.24) is 5.32 Å². The Morgan fingerprint density at radius 1 is 0.667 bits per heavy atom. The zero-order valence-electron chi connectivity index (χ0n) is 23.1. The van der Waals surface area contributed by atoms with Crippen LogP contribution in [0.1, 0.15) is 54.7 Å². The Hall–Kier alpha value is -3.84. The van der Waals surface area contributed by atoms with Crippen LogP contribution >= 0.6 is 0 Å². The highest BCUT2D eigenvalue weighted by Crippen LogP contribution is 2.30. The zero-order chi connectivity index (χ0) is 27.7. The summed E-state index contributed by atoms with van der Waals surface area (Å²) < 4.78 is 9.41. The number of ether oxygens (including phenoxy) is 2. The largest absolute Gasteiger partial charge is 0.469 e. The molecule has 3 N–H and O–H groups in total. The van der Waals surface area contributed by atoms with Crippen LogP contribution in [0.5, 0.6) is 0 Å². The molecule has 0 aliphatic carbocycles. The Bertz CT molecular complexity index is 1050. The molecule has 3 aromatic carbocycles. The molecule has 0 spiro atoms. The van der Waals surface area contributed by atoms with Crippen molar-refractivity contribution in [3.05, 3.63) is 95.6 Å².